The molecule has 0 radical (unpaired) electrons. The summed E-state index contributed by atoms with van der Waals surface area (Å²) in [7, 11) is 7.71. The fourth-order valence-electron chi connectivity index (χ4n) is 2.76. The van der Waals surface area contributed by atoms with Crippen molar-refractivity contribution in [3.05, 3.63) is 0 Å². The first-order valence-electron chi connectivity index (χ1n) is 7.14. The van der Waals surface area contributed by atoms with E-state index in [1.54, 1.807) is 14.2 Å². The van der Waals surface area contributed by atoms with E-state index in [1.165, 1.54) is 19.4 Å². The van der Waals surface area contributed by atoms with Gasteiger partial charge in [0, 0.05) is 45.3 Å². The van der Waals surface area contributed by atoms with Crippen LogP contribution in [0.1, 0.15) is 26.2 Å². The number of ether oxygens (including phenoxy) is 2. The monoisotopic (exact) mass is 273 g/mol. The summed E-state index contributed by atoms with van der Waals surface area (Å²) in [6.07, 6.45) is 3.16. The molecule has 114 valence electrons. The molecule has 0 amide bonds. The van der Waals surface area contributed by atoms with Crippen LogP contribution in [-0.2, 0) is 9.47 Å². The van der Waals surface area contributed by atoms with Crippen LogP contribution < -0.4 is 5.73 Å². The SMILES string of the molecule is COC(CC(C)(CN)N(C)CC1CCCN1C)OC. The molecule has 1 heterocycles. The van der Waals surface area contributed by atoms with Gasteiger partial charge in [0.1, 0.15) is 0 Å². The van der Waals surface area contributed by atoms with Gasteiger partial charge in [-0.25, -0.2) is 0 Å². The number of rotatable bonds is 8. The highest BCUT2D eigenvalue weighted by Gasteiger charge is 2.34. The largest absolute Gasteiger partial charge is 0.356 e. The Morgan fingerprint density at radius 1 is 1.42 bits per heavy atom. The maximum Gasteiger partial charge on any atom is 0.158 e. The van der Waals surface area contributed by atoms with Crippen molar-refractivity contribution in [3.63, 3.8) is 0 Å². The molecule has 1 saturated heterocycles. The minimum absolute atomic E-state index is 0.0971. The molecule has 0 aliphatic carbocycles. The fraction of sp³-hybridized carbons (Fsp3) is 1.00. The van der Waals surface area contributed by atoms with Crippen LogP contribution in [0.2, 0.25) is 0 Å². The van der Waals surface area contributed by atoms with Gasteiger partial charge in [-0.1, -0.05) is 0 Å². The van der Waals surface area contributed by atoms with E-state index in [9.17, 15) is 0 Å². The van der Waals surface area contributed by atoms with E-state index in [-0.39, 0.29) is 11.8 Å². The van der Waals surface area contributed by atoms with E-state index in [0.717, 1.165) is 13.0 Å². The van der Waals surface area contributed by atoms with Gasteiger partial charge in [-0.2, -0.15) is 0 Å². The van der Waals surface area contributed by atoms with E-state index in [4.69, 9.17) is 15.2 Å². The third-order valence-corrected chi connectivity index (χ3v) is 4.65. The summed E-state index contributed by atoms with van der Waals surface area (Å²) in [5.74, 6) is 0. The van der Waals surface area contributed by atoms with Gasteiger partial charge in [0.2, 0.25) is 0 Å². The molecule has 0 aromatic carbocycles. The number of nitrogens with two attached hydrogens (primary N) is 1. The molecular formula is C14H31N3O2. The Morgan fingerprint density at radius 2 is 2.05 bits per heavy atom. The molecular weight excluding hydrogens is 242 g/mol. The molecule has 2 N–H and O–H groups in total. The number of likely N-dealkylation sites (N-methyl/N-ethyl adjacent to an activating group) is 2. The average molecular weight is 273 g/mol. The first-order chi connectivity index (χ1) is 8.96. The molecule has 1 aliphatic heterocycles. The Bertz CT molecular complexity index is 261. The summed E-state index contributed by atoms with van der Waals surface area (Å²) >= 11 is 0. The maximum absolute atomic E-state index is 6.01. The van der Waals surface area contributed by atoms with Crippen molar-refractivity contribution in [3.8, 4) is 0 Å². The zero-order chi connectivity index (χ0) is 14.5. The molecule has 1 fully saturated rings. The molecule has 0 saturated carbocycles. The summed E-state index contributed by atoms with van der Waals surface area (Å²) in [4.78, 5) is 4.81. The van der Waals surface area contributed by atoms with Crippen LogP contribution in [-0.4, -0.2) is 75.6 Å². The highest BCUT2D eigenvalue weighted by Crippen LogP contribution is 2.24. The Morgan fingerprint density at radius 3 is 2.47 bits per heavy atom. The fourth-order valence-corrected chi connectivity index (χ4v) is 2.76. The molecule has 1 rings (SSSR count). The highest BCUT2D eigenvalue weighted by atomic mass is 16.7. The first kappa shape index (κ1) is 16.9. The van der Waals surface area contributed by atoms with Crippen molar-refractivity contribution in [2.75, 3.05) is 47.9 Å². The normalized spacial score (nSPS) is 24.3. The molecule has 2 unspecified atom stereocenters. The summed E-state index contributed by atoms with van der Waals surface area (Å²) < 4.78 is 10.6. The number of nitrogens with zero attached hydrogens (tertiary/aromatic N) is 2. The molecule has 0 bridgehead atoms. The molecule has 5 nitrogen and oxygen atoms in total. The van der Waals surface area contributed by atoms with Crippen molar-refractivity contribution >= 4 is 0 Å². The lowest BCUT2D eigenvalue weighted by molar-refractivity contribution is -0.127. The molecule has 0 aromatic rings. The van der Waals surface area contributed by atoms with Crippen molar-refractivity contribution in [1.29, 1.82) is 0 Å². The third kappa shape index (κ3) is 4.39. The van der Waals surface area contributed by atoms with Gasteiger partial charge < -0.3 is 20.1 Å². The predicted molar refractivity (Wildman–Crippen MR) is 78.2 cm³/mol. The van der Waals surface area contributed by atoms with Gasteiger partial charge in [-0.05, 0) is 40.4 Å². The van der Waals surface area contributed by atoms with Gasteiger partial charge >= 0.3 is 0 Å². The van der Waals surface area contributed by atoms with Crippen molar-refractivity contribution in [2.24, 2.45) is 5.73 Å². The van der Waals surface area contributed by atoms with Gasteiger partial charge in [0.25, 0.3) is 0 Å². The molecule has 5 heteroatoms. The van der Waals surface area contributed by atoms with E-state index < -0.39 is 0 Å². The second kappa shape index (κ2) is 7.55. The first-order valence-corrected chi connectivity index (χ1v) is 7.14. The summed E-state index contributed by atoms with van der Waals surface area (Å²) in [6.45, 7) is 5.04. The zero-order valence-electron chi connectivity index (χ0n) is 13.2. The average Bonchev–Trinajstić information content (AvgIpc) is 2.81. The van der Waals surface area contributed by atoms with Crippen LogP contribution in [0.3, 0.4) is 0 Å². The second-order valence-electron chi connectivity index (χ2n) is 5.96. The van der Waals surface area contributed by atoms with E-state index in [0.29, 0.717) is 12.6 Å². The van der Waals surface area contributed by atoms with Crippen LogP contribution >= 0.6 is 0 Å². The number of likely N-dealkylation sites (tertiary alicyclic amines) is 1. The lowest BCUT2D eigenvalue weighted by atomic mass is 9.94. The van der Waals surface area contributed by atoms with E-state index >= 15 is 0 Å². The second-order valence-corrected chi connectivity index (χ2v) is 5.96. The summed E-state index contributed by atoms with van der Waals surface area (Å²) in [5.41, 5.74) is 5.91. The van der Waals surface area contributed by atoms with Crippen LogP contribution in [0.25, 0.3) is 0 Å². The zero-order valence-corrected chi connectivity index (χ0v) is 13.2. The number of hydrogen-bond acceptors (Lipinski definition) is 5. The molecule has 19 heavy (non-hydrogen) atoms. The summed E-state index contributed by atoms with van der Waals surface area (Å²) in [5, 5.41) is 0. The third-order valence-electron chi connectivity index (χ3n) is 4.65. The van der Waals surface area contributed by atoms with Gasteiger partial charge in [0.05, 0.1) is 0 Å². The highest BCUT2D eigenvalue weighted by molar-refractivity contribution is 4.90. The molecule has 0 aromatic heterocycles. The Balaban J connectivity index is 2.60. The lowest BCUT2D eigenvalue weighted by Crippen LogP contribution is -2.55. The smallest absolute Gasteiger partial charge is 0.158 e. The maximum atomic E-state index is 6.01. The topological polar surface area (TPSA) is 51.0 Å². The Kier molecular flexibility index (Phi) is 6.69. The quantitative estimate of drug-likeness (QED) is 0.661. The molecule has 1 aliphatic rings. The number of methoxy groups -OCH3 is 2. The van der Waals surface area contributed by atoms with Gasteiger partial charge in [-0.15, -0.1) is 0 Å². The summed E-state index contributed by atoms with van der Waals surface area (Å²) in [6, 6.07) is 0.638. The Hall–Kier alpha value is -0.200. The lowest BCUT2D eigenvalue weighted by Gasteiger charge is -2.41. The Labute approximate surface area is 118 Å². The van der Waals surface area contributed by atoms with Crippen molar-refractivity contribution in [2.45, 2.75) is 44.1 Å². The predicted octanol–water partition coefficient (Wildman–Crippen LogP) is 0.739. The van der Waals surface area contributed by atoms with Crippen LogP contribution in [0.15, 0.2) is 0 Å². The minimum Gasteiger partial charge on any atom is -0.356 e. The van der Waals surface area contributed by atoms with Crippen molar-refractivity contribution < 1.29 is 9.47 Å². The van der Waals surface area contributed by atoms with Crippen LogP contribution in [0.5, 0.6) is 0 Å². The molecule has 0 spiro atoms. The number of hydrogen-bond donors (Lipinski definition) is 1. The standard InChI is InChI=1S/C14H31N3O2/c1-14(11-15,9-13(18-4)19-5)17(3)10-12-7-6-8-16(12)2/h12-13H,6-11,15H2,1-5H3. The molecule has 2 atom stereocenters. The minimum atomic E-state index is -0.197. The van der Waals surface area contributed by atoms with Crippen LogP contribution in [0, 0.1) is 0 Å². The van der Waals surface area contributed by atoms with Crippen LogP contribution in [0.4, 0.5) is 0 Å². The van der Waals surface area contributed by atoms with Gasteiger partial charge in [0.15, 0.2) is 6.29 Å². The van der Waals surface area contributed by atoms with E-state index in [1.807, 2.05) is 0 Å². The van der Waals surface area contributed by atoms with E-state index in [2.05, 4.69) is 30.8 Å². The van der Waals surface area contributed by atoms with Crippen molar-refractivity contribution in [1.82, 2.24) is 9.80 Å². The van der Waals surface area contributed by atoms with Gasteiger partial charge in [-0.3, -0.25) is 4.90 Å².